The number of hydrogen-bond acceptors (Lipinski definition) is 9. The summed E-state index contributed by atoms with van der Waals surface area (Å²) >= 11 is 3.45. The fraction of sp³-hybridized carbons (Fsp3) is 0.562. The van der Waals surface area contributed by atoms with Gasteiger partial charge in [0, 0.05) is 39.8 Å². The Morgan fingerprint density at radius 2 is 1.35 bits per heavy atom. The SMILES string of the molecule is COC(=O)C(C(=O)OC)C(CS(=O)(=O)N(COCC[Si](C)(C)C)COCC[Si](C)(C)C)c1ccc(OCc2cccc(Br)c2)cc1. The number of nitrogens with zero attached hydrogens (tertiary/aromatic N) is 1. The van der Waals surface area contributed by atoms with Crippen LogP contribution >= 0.6 is 15.9 Å². The number of methoxy groups -OCH3 is 2. The topological polar surface area (TPSA) is 118 Å². The highest BCUT2D eigenvalue weighted by Gasteiger charge is 2.42. The molecule has 0 saturated heterocycles. The zero-order valence-corrected chi connectivity index (χ0v) is 32.7. The molecular formula is C32H50BrNO9SSi2. The number of hydrogen-bond donors (Lipinski definition) is 0. The van der Waals surface area contributed by atoms with Gasteiger partial charge in [-0.25, -0.2) is 8.42 Å². The van der Waals surface area contributed by atoms with E-state index in [4.69, 9.17) is 23.7 Å². The van der Waals surface area contributed by atoms with Crippen LogP contribution in [0.3, 0.4) is 0 Å². The summed E-state index contributed by atoms with van der Waals surface area (Å²) in [5, 5.41) is 0. The molecule has 2 rings (SSSR count). The molecule has 2 aromatic carbocycles. The van der Waals surface area contributed by atoms with E-state index in [0.29, 0.717) is 31.1 Å². The molecule has 46 heavy (non-hydrogen) atoms. The van der Waals surface area contributed by atoms with Crippen molar-refractivity contribution in [3.63, 3.8) is 0 Å². The summed E-state index contributed by atoms with van der Waals surface area (Å²) < 4.78 is 57.6. The van der Waals surface area contributed by atoms with Crippen molar-refractivity contribution in [2.75, 3.05) is 46.6 Å². The van der Waals surface area contributed by atoms with Gasteiger partial charge < -0.3 is 23.7 Å². The van der Waals surface area contributed by atoms with E-state index < -0.39 is 55.7 Å². The molecule has 0 spiro atoms. The first-order valence-electron chi connectivity index (χ1n) is 15.2. The smallest absolute Gasteiger partial charge is 0.320 e. The minimum atomic E-state index is -4.14. The predicted molar refractivity (Wildman–Crippen MR) is 189 cm³/mol. The van der Waals surface area contributed by atoms with Gasteiger partial charge in [-0.2, -0.15) is 4.31 Å². The Bertz CT molecular complexity index is 1320. The maximum Gasteiger partial charge on any atom is 0.320 e. The van der Waals surface area contributed by atoms with Crippen LogP contribution in [0.25, 0.3) is 0 Å². The number of esters is 2. The highest BCUT2D eigenvalue weighted by atomic mass is 79.9. The zero-order valence-electron chi connectivity index (χ0n) is 28.3. The molecule has 0 aliphatic rings. The second-order valence-corrected chi connectivity index (χ2v) is 27.7. The maximum atomic E-state index is 14.0. The van der Waals surface area contributed by atoms with Crippen molar-refractivity contribution in [2.24, 2.45) is 5.92 Å². The summed E-state index contributed by atoms with van der Waals surface area (Å²) in [5.74, 6) is -4.50. The van der Waals surface area contributed by atoms with E-state index >= 15 is 0 Å². The van der Waals surface area contributed by atoms with Crippen LogP contribution in [0.2, 0.25) is 51.4 Å². The second kappa shape index (κ2) is 18.5. The Morgan fingerprint density at radius 3 is 1.80 bits per heavy atom. The summed E-state index contributed by atoms with van der Waals surface area (Å²) in [6.45, 7) is 14.0. The molecule has 0 aromatic heterocycles. The molecule has 1 atom stereocenters. The molecule has 258 valence electrons. The van der Waals surface area contributed by atoms with E-state index in [9.17, 15) is 18.0 Å². The Morgan fingerprint density at radius 1 is 0.826 bits per heavy atom. The Balaban J connectivity index is 2.38. The Labute approximate surface area is 285 Å². The van der Waals surface area contributed by atoms with Crippen LogP contribution in [0.4, 0.5) is 0 Å². The van der Waals surface area contributed by atoms with Crippen molar-refractivity contribution in [1.82, 2.24) is 4.31 Å². The first-order chi connectivity index (χ1) is 21.5. The lowest BCUT2D eigenvalue weighted by molar-refractivity contribution is -0.159. The number of sulfonamides is 1. The van der Waals surface area contributed by atoms with Gasteiger partial charge in [-0.3, -0.25) is 9.59 Å². The number of carbonyl (C=O) groups is 2. The normalized spacial score (nSPS) is 13.1. The highest BCUT2D eigenvalue weighted by Crippen LogP contribution is 2.31. The summed E-state index contributed by atoms with van der Waals surface area (Å²) in [6, 6.07) is 16.1. The summed E-state index contributed by atoms with van der Waals surface area (Å²) in [7, 11) is -4.67. The van der Waals surface area contributed by atoms with E-state index in [1.165, 1.54) is 0 Å². The van der Waals surface area contributed by atoms with Gasteiger partial charge in [-0.1, -0.05) is 79.5 Å². The highest BCUT2D eigenvalue weighted by molar-refractivity contribution is 9.10. The molecule has 0 aliphatic carbocycles. The third-order valence-corrected chi connectivity index (χ3v) is 12.8. The van der Waals surface area contributed by atoms with Crippen molar-refractivity contribution >= 4 is 54.0 Å². The van der Waals surface area contributed by atoms with Crippen molar-refractivity contribution in [3.05, 3.63) is 64.1 Å². The van der Waals surface area contributed by atoms with Gasteiger partial charge >= 0.3 is 11.9 Å². The number of ether oxygens (including phenoxy) is 5. The molecule has 0 amide bonds. The number of halogens is 1. The van der Waals surface area contributed by atoms with Crippen LogP contribution in [0.5, 0.6) is 5.75 Å². The number of carbonyl (C=O) groups excluding carboxylic acids is 2. The van der Waals surface area contributed by atoms with E-state index in [1.807, 2.05) is 24.3 Å². The van der Waals surface area contributed by atoms with Crippen LogP contribution in [0.15, 0.2) is 53.0 Å². The van der Waals surface area contributed by atoms with Gasteiger partial charge in [0.2, 0.25) is 10.0 Å². The van der Waals surface area contributed by atoms with Crippen molar-refractivity contribution in [2.45, 2.75) is 63.9 Å². The first-order valence-corrected chi connectivity index (χ1v) is 25.0. The number of benzene rings is 2. The minimum absolute atomic E-state index is 0.212. The van der Waals surface area contributed by atoms with Gasteiger partial charge in [0.25, 0.3) is 0 Å². The largest absolute Gasteiger partial charge is 0.489 e. The standard InChI is InChI=1S/C32H50BrNO9SSi2/c1-39-31(35)30(32(36)40-2)29(26-12-14-28(15-13-26)43-21-25-10-9-11-27(33)20-25)22-44(37,38)34(23-41-16-18-45(3,4)5)24-42-17-19-46(6,7)8/h9-15,20,29-30H,16-19,21-24H2,1-8H3. The van der Waals surface area contributed by atoms with Gasteiger partial charge in [0.05, 0.1) is 20.0 Å². The maximum absolute atomic E-state index is 14.0. The number of rotatable bonds is 20. The Kier molecular flexibility index (Phi) is 16.1. The summed E-state index contributed by atoms with van der Waals surface area (Å²) in [4.78, 5) is 25.9. The third-order valence-electron chi connectivity index (χ3n) is 7.16. The molecular weight excluding hydrogens is 710 g/mol. The molecule has 10 nitrogen and oxygen atoms in total. The van der Waals surface area contributed by atoms with Crippen molar-refractivity contribution in [1.29, 1.82) is 0 Å². The molecule has 1 unspecified atom stereocenters. The molecule has 0 aliphatic heterocycles. The average molecular weight is 761 g/mol. The van der Waals surface area contributed by atoms with Crippen LogP contribution in [-0.4, -0.2) is 87.5 Å². The van der Waals surface area contributed by atoms with Gasteiger partial charge in [0.15, 0.2) is 5.92 Å². The van der Waals surface area contributed by atoms with E-state index in [2.05, 4.69) is 55.2 Å². The lowest BCUT2D eigenvalue weighted by Crippen LogP contribution is -2.42. The molecule has 2 aromatic rings. The van der Waals surface area contributed by atoms with E-state index in [1.54, 1.807) is 24.3 Å². The quantitative estimate of drug-likeness (QED) is 0.0502. The van der Waals surface area contributed by atoms with Gasteiger partial charge in [-0.15, -0.1) is 0 Å². The van der Waals surface area contributed by atoms with E-state index in [0.717, 1.165) is 40.6 Å². The lowest BCUT2D eigenvalue weighted by atomic mass is 9.87. The van der Waals surface area contributed by atoms with Gasteiger partial charge in [0.1, 0.15) is 25.8 Å². The lowest BCUT2D eigenvalue weighted by Gasteiger charge is -2.28. The second-order valence-electron chi connectivity index (χ2n) is 13.5. The zero-order chi connectivity index (χ0) is 34.5. The van der Waals surface area contributed by atoms with Crippen molar-refractivity contribution < 1.29 is 41.7 Å². The fourth-order valence-corrected chi connectivity index (χ4v) is 7.77. The molecule has 0 heterocycles. The Hall–Kier alpha value is -2.08. The minimum Gasteiger partial charge on any atom is -0.489 e. The third kappa shape index (κ3) is 14.4. The molecule has 0 fully saturated rings. The summed E-state index contributed by atoms with van der Waals surface area (Å²) in [6.07, 6.45) is 0. The van der Waals surface area contributed by atoms with Crippen LogP contribution in [0.1, 0.15) is 17.0 Å². The predicted octanol–water partition coefficient (Wildman–Crippen LogP) is 6.33. The molecule has 0 N–H and O–H groups in total. The fourth-order valence-electron chi connectivity index (χ4n) is 4.29. The van der Waals surface area contributed by atoms with Crippen LogP contribution in [0, 0.1) is 5.92 Å². The summed E-state index contributed by atoms with van der Waals surface area (Å²) in [5.41, 5.74) is 1.39. The van der Waals surface area contributed by atoms with E-state index in [-0.39, 0.29) is 13.5 Å². The van der Waals surface area contributed by atoms with Crippen LogP contribution < -0.4 is 4.74 Å². The average Bonchev–Trinajstić information content (AvgIpc) is 2.97. The molecule has 0 radical (unpaired) electrons. The molecule has 0 bridgehead atoms. The molecule has 0 saturated carbocycles. The van der Waals surface area contributed by atoms with Gasteiger partial charge in [-0.05, 0) is 47.5 Å². The molecule has 14 heteroatoms. The van der Waals surface area contributed by atoms with Crippen LogP contribution in [-0.2, 0) is 45.2 Å². The van der Waals surface area contributed by atoms with Crippen molar-refractivity contribution in [3.8, 4) is 5.75 Å². The first kappa shape index (κ1) is 40.1. The monoisotopic (exact) mass is 759 g/mol.